The van der Waals surface area contributed by atoms with Gasteiger partial charge in [-0.25, -0.2) is 4.79 Å². The molecule has 0 fully saturated rings. The molecule has 0 aliphatic carbocycles. The Morgan fingerprint density at radius 1 is 1.40 bits per heavy atom. The molecule has 0 saturated carbocycles. The molecule has 0 bridgehead atoms. The van der Waals surface area contributed by atoms with Gasteiger partial charge in [0.1, 0.15) is 5.75 Å². The Hall–Kier alpha value is -1.46. The van der Waals surface area contributed by atoms with Crippen molar-refractivity contribution in [1.29, 1.82) is 0 Å². The lowest BCUT2D eigenvalue weighted by Gasteiger charge is -2.10. The number of ether oxygens (including phenoxy) is 2. The van der Waals surface area contributed by atoms with Crippen molar-refractivity contribution in [2.45, 2.75) is 26.4 Å². The summed E-state index contributed by atoms with van der Waals surface area (Å²) in [4.78, 5) is 11.6. The third kappa shape index (κ3) is 6.12. The van der Waals surface area contributed by atoms with Gasteiger partial charge < -0.3 is 20.1 Å². The topological polar surface area (TPSA) is 59.6 Å². The van der Waals surface area contributed by atoms with Crippen molar-refractivity contribution in [2.24, 2.45) is 0 Å². The zero-order valence-electron chi connectivity index (χ0n) is 12.0. The normalized spacial score (nSPS) is 10.4. The molecule has 0 aliphatic rings. The lowest BCUT2D eigenvalue weighted by Crippen LogP contribution is -2.30. The molecule has 112 valence electrons. The second-order valence-corrected chi connectivity index (χ2v) is 4.91. The monoisotopic (exact) mass is 300 g/mol. The highest BCUT2D eigenvalue weighted by Crippen LogP contribution is 2.26. The molecule has 0 radical (unpaired) electrons. The summed E-state index contributed by atoms with van der Waals surface area (Å²) in [7, 11) is 1.54. The Morgan fingerprint density at radius 2 is 2.15 bits per heavy atom. The van der Waals surface area contributed by atoms with Gasteiger partial charge in [-0.2, -0.15) is 0 Å². The van der Waals surface area contributed by atoms with Gasteiger partial charge in [-0.3, -0.25) is 0 Å². The number of carbonyl (C=O) groups excluding carboxylic acids is 1. The first-order valence-electron chi connectivity index (χ1n) is 6.53. The van der Waals surface area contributed by atoms with Crippen LogP contribution in [-0.2, 0) is 4.74 Å². The molecule has 1 aromatic carbocycles. The summed E-state index contributed by atoms with van der Waals surface area (Å²) in [6.45, 7) is 5.15. The minimum absolute atomic E-state index is 0.213. The van der Waals surface area contributed by atoms with Gasteiger partial charge in [0.05, 0.1) is 18.2 Å². The average molecular weight is 301 g/mol. The predicted octanol–water partition coefficient (Wildman–Crippen LogP) is 3.29. The summed E-state index contributed by atoms with van der Waals surface area (Å²) < 4.78 is 10.4. The van der Waals surface area contributed by atoms with Gasteiger partial charge in [0.2, 0.25) is 0 Å². The highest BCUT2D eigenvalue weighted by Gasteiger charge is 2.05. The van der Waals surface area contributed by atoms with Gasteiger partial charge in [0, 0.05) is 18.8 Å². The number of methoxy groups -OCH3 is 1. The molecule has 2 amide bonds. The molecule has 0 aliphatic heterocycles. The molecule has 0 unspecified atom stereocenters. The standard InChI is InChI=1S/C14H21ClN2O3/c1-10(2)20-8-4-7-16-14(18)17-11-5-6-13(19-3)12(15)9-11/h5-6,9-10H,4,7-8H2,1-3H3,(H2,16,17,18). The first kappa shape index (κ1) is 16.6. The van der Waals surface area contributed by atoms with Crippen LogP contribution in [0.5, 0.6) is 5.75 Å². The molecule has 0 aromatic heterocycles. The summed E-state index contributed by atoms with van der Waals surface area (Å²) >= 11 is 5.97. The quantitative estimate of drug-likeness (QED) is 0.760. The average Bonchev–Trinajstić information content (AvgIpc) is 2.38. The van der Waals surface area contributed by atoms with Crippen molar-refractivity contribution < 1.29 is 14.3 Å². The van der Waals surface area contributed by atoms with Crippen molar-refractivity contribution in [3.05, 3.63) is 23.2 Å². The second kappa shape index (κ2) is 8.66. The summed E-state index contributed by atoms with van der Waals surface area (Å²) in [5, 5.41) is 5.91. The molecule has 5 nitrogen and oxygen atoms in total. The van der Waals surface area contributed by atoms with E-state index in [0.29, 0.717) is 29.6 Å². The maximum absolute atomic E-state index is 11.6. The smallest absolute Gasteiger partial charge is 0.319 e. The van der Waals surface area contributed by atoms with Crippen LogP contribution in [0.4, 0.5) is 10.5 Å². The maximum Gasteiger partial charge on any atom is 0.319 e. The van der Waals surface area contributed by atoms with Crippen LogP contribution in [0.15, 0.2) is 18.2 Å². The Balaban J connectivity index is 2.30. The number of urea groups is 1. The molecular formula is C14H21ClN2O3. The summed E-state index contributed by atoms with van der Waals surface area (Å²) in [5.74, 6) is 0.573. The summed E-state index contributed by atoms with van der Waals surface area (Å²) in [5.41, 5.74) is 0.617. The van der Waals surface area contributed by atoms with E-state index in [1.807, 2.05) is 13.8 Å². The van der Waals surface area contributed by atoms with E-state index >= 15 is 0 Å². The van der Waals surface area contributed by atoms with E-state index in [9.17, 15) is 4.79 Å². The molecule has 0 heterocycles. The van der Waals surface area contributed by atoms with Gasteiger partial charge in [-0.05, 0) is 38.5 Å². The zero-order valence-corrected chi connectivity index (χ0v) is 12.8. The van der Waals surface area contributed by atoms with E-state index in [-0.39, 0.29) is 12.1 Å². The molecular weight excluding hydrogens is 280 g/mol. The van der Waals surface area contributed by atoms with Crippen molar-refractivity contribution in [2.75, 3.05) is 25.6 Å². The van der Waals surface area contributed by atoms with E-state index in [1.54, 1.807) is 25.3 Å². The Morgan fingerprint density at radius 3 is 2.75 bits per heavy atom. The zero-order chi connectivity index (χ0) is 15.0. The Bertz CT molecular complexity index is 438. The van der Waals surface area contributed by atoms with Crippen LogP contribution in [-0.4, -0.2) is 32.4 Å². The van der Waals surface area contributed by atoms with Crippen molar-refractivity contribution in [3.8, 4) is 5.75 Å². The number of hydrogen-bond donors (Lipinski definition) is 2. The Labute approximate surface area is 124 Å². The van der Waals surface area contributed by atoms with Crippen LogP contribution >= 0.6 is 11.6 Å². The van der Waals surface area contributed by atoms with Gasteiger partial charge in [-0.1, -0.05) is 11.6 Å². The third-order valence-corrected chi connectivity index (χ3v) is 2.76. The van der Waals surface area contributed by atoms with E-state index in [4.69, 9.17) is 21.1 Å². The fourth-order valence-electron chi connectivity index (χ4n) is 1.51. The molecule has 0 saturated heterocycles. The van der Waals surface area contributed by atoms with Crippen molar-refractivity contribution in [1.82, 2.24) is 5.32 Å². The predicted molar refractivity (Wildman–Crippen MR) is 80.7 cm³/mol. The highest BCUT2D eigenvalue weighted by molar-refractivity contribution is 6.32. The molecule has 6 heteroatoms. The summed E-state index contributed by atoms with van der Waals surface area (Å²) in [6, 6.07) is 4.80. The summed E-state index contributed by atoms with van der Waals surface area (Å²) in [6.07, 6.45) is 0.986. The molecule has 1 rings (SSSR count). The molecule has 0 spiro atoms. The van der Waals surface area contributed by atoms with Crippen LogP contribution in [0.3, 0.4) is 0 Å². The van der Waals surface area contributed by atoms with Crippen LogP contribution in [0.2, 0.25) is 5.02 Å². The molecule has 1 aromatic rings. The molecule has 0 atom stereocenters. The first-order chi connectivity index (χ1) is 9.52. The maximum atomic E-state index is 11.6. The van der Waals surface area contributed by atoms with Crippen LogP contribution in [0, 0.1) is 0 Å². The fraction of sp³-hybridized carbons (Fsp3) is 0.500. The number of benzene rings is 1. The lowest BCUT2D eigenvalue weighted by molar-refractivity contribution is 0.0775. The number of nitrogens with one attached hydrogen (secondary N) is 2. The number of amides is 2. The third-order valence-electron chi connectivity index (χ3n) is 2.47. The second-order valence-electron chi connectivity index (χ2n) is 4.50. The largest absolute Gasteiger partial charge is 0.495 e. The highest BCUT2D eigenvalue weighted by atomic mass is 35.5. The Kier molecular flexibility index (Phi) is 7.18. The lowest BCUT2D eigenvalue weighted by atomic mass is 10.3. The van der Waals surface area contributed by atoms with Gasteiger partial charge in [0.25, 0.3) is 0 Å². The minimum atomic E-state index is -0.268. The fourth-order valence-corrected chi connectivity index (χ4v) is 1.77. The number of rotatable bonds is 7. The first-order valence-corrected chi connectivity index (χ1v) is 6.90. The van der Waals surface area contributed by atoms with Crippen LogP contribution in [0.1, 0.15) is 20.3 Å². The SMILES string of the molecule is COc1ccc(NC(=O)NCCCOC(C)C)cc1Cl. The van der Waals surface area contributed by atoms with Gasteiger partial charge >= 0.3 is 6.03 Å². The van der Waals surface area contributed by atoms with E-state index in [0.717, 1.165) is 6.42 Å². The van der Waals surface area contributed by atoms with E-state index in [2.05, 4.69) is 10.6 Å². The number of halogens is 1. The van der Waals surface area contributed by atoms with E-state index < -0.39 is 0 Å². The van der Waals surface area contributed by atoms with Crippen LogP contribution < -0.4 is 15.4 Å². The van der Waals surface area contributed by atoms with Gasteiger partial charge in [-0.15, -0.1) is 0 Å². The van der Waals surface area contributed by atoms with Crippen molar-refractivity contribution in [3.63, 3.8) is 0 Å². The number of hydrogen-bond acceptors (Lipinski definition) is 3. The van der Waals surface area contributed by atoms with Gasteiger partial charge in [0.15, 0.2) is 0 Å². The molecule has 2 N–H and O–H groups in total. The minimum Gasteiger partial charge on any atom is -0.495 e. The van der Waals surface area contributed by atoms with E-state index in [1.165, 1.54) is 0 Å². The van der Waals surface area contributed by atoms with Crippen LogP contribution in [0.25, 0.3) is 0 Å². The van der Waals surface area contributed by atoms with Crippen molar-refractivity contribution >= 4 is 23.3 Å². The number of carbonyl (C=O) groups is 1. The number of anilines is 1. The molecule has 20 heavy (non-hydrogen) atoms.